The molecule has 0 aliphatic carbocycles. The number of nitrogens with two attached hydrogens (primary N) is 1. The summed E-state index contributed by atoms with van der Waals surface area (Å²) in [5.74, 6) is -0.246. The summed E-state index contributed by atoms with van der Waals surface area (Å²) >= 11 is 0. The Morgan fingerprint density at radius 3 is 2.15 bits per heavy atom. The van der Waals surface area contributed by atoms with Crippen LogP contribution in [0.5, 0.6) is 5.75 Å². The number of nitrogens with one attached hydrogen (secondary N) is 2. The predicted molar refractivity (Wildman–Crippen MR) is 104 cm³/mol. The van der Waals surface area contributed by atoms with Gasteiger partial charge in [-0.2, -0.15) is 0 Å². The Labute approximate surface area is 157 Å². The van der Waals surface area contributed by atoms with Crippen LogP contribution in [0.2, 0.25) is 0 Å². The van der Waals surface area contributed by atoms with E-state index >= 15 is 0 Å². The van der Waals surface area contributed by atoms with Crippen LogP contribution in [0.3, 0.4) is 0 Å². The topological polar surface area (TPSA) is 111 Å². The van der Waals surface area contributed by atoms with Crippen molar-refractivity contribution in [3.63, 3.8) is 0 Å². The Morgan fingerprint density at radius 2 is 1.56 bits per heavy atom. The van der Waals surface area contributed by atoms with Gasteiger partial charge in [0.15, 0.2) is 0 Å². The molecule has 0 aromatic heterocycles. The summed E-state index contributed by atoms with van der Waals surface area (Å²) in [5, 5.41) is 5.42. The molecule has 0 fully saturated rings. The average molecular weight is 367 g/mol. The van der Waals surface area contributed by atoms with Crippen molar-refractivity contribution < 1.29 is 19.1 Å². The monoisotopic (exact) mass is 367 g/mol. The highest BCUT2D eigenvalue weighted by Gasteiger charge is 2.01. The van der Waals surface area contributed by atoms with E-state index in [2.05, 4.69) is 10.6 Å². The third kappa shape index (κ3) is 7.43. The number of hydrogen-bond donors (Lipinski definition) is 3. The average Bonchev–Trinajstić information content (AvgIpc) is 2.62. The molecular formula is C20H21N3O4. The van der Waals surface area contributed by atoms with Crippen LogP contribution in [0.15, 0.2) is 54.6 Å². The summed E-state index contributed by atoms with van der Waals surface area (Å²) in [6.07, 6.45) is 3.24. The molecule has 0 unspecified atom stereocenters. The lowest BCUT2D eigenvalue weighted by Crippen LogP contribution is -2.14. The molecule has 27 heavy (non-hydrogen) atoms. The molecule has 0 saturated carbocycles. The molecule has 0 saturated heterocycles. The van der Waals surface area contributed by atoms with Crippen molar-refractivity contribution in [1.82, 2.24) is 0 Å². The second kappa shape index (κ2) is 9.76. The fourth-order valence-electron chi connectivity index (χ4n) is 2.14. The van der Waals surface area contributed by atoms with Crippen molar-refractivity contribution in [3.8, 4) is 5.75 Å². The van der Waals surface area contributed by atoms with Crippen molar-refractivity contribution in [1.29, 1.82) is 0 Å². The zero-order valence-corrected chi connectivity index (χ0v) is 14.9. The Balaban J connectivity index is 1.84. The van der Waals surface area contributed by atoms with Gasteiger partial charge >= 0.3 is 0 Å². The number of carbonyl (C=O) groups is 3. The number of amides is 3. The first-order valence-electron chi connectivity index (χ1n) is 8.30. The van der Waals surface area contributed by atoms with Crippen molar-refractivity contribution in [3.05, 3.63) is 60.2 Å². The van der Waals surface area contributed by atoms with E-state index in [0.717, 1.165) is 5.56 Å². The van der Waals surface area contributed by atoms with Crippen molar-refractivity contribution in [2.24, 2.45) is 5.73 Å². The largest absolute Gasteiger partial charge is 0.493 e. The lowest BCUT2D eigenvalue weighted by molar-refractivity contribution is -0.118. The molecule has 2 rings (SSSR count). The van der Waals surface area contributed by atoms with Gasteiger partial charge in [0.2, 0.25) is 17.7 Å². The van der Waals surface area contributed by atoms with E-state index in [0.29, 0.717) is 17.1 Å². The molecule has 0 heterocycles. The van der Waals surface area contributed by atoms with E-state index in [-0.39, 0.29) is 24.8 Å². The number of anilines is 2. The minimum Gasteiger partial charge on any atom is -0.493 e. The second-order valence-corrected chi connectivity index (χ2v) is 5.71. The fourth-order valence-corrected chi connectivity index (χ4v) is 2.14. The van der Waals surface area contributed by atoms with Gasteiger partial charge < -0.3 is 21.1 Å². The number of rotatable bonds is 8. The molecule has 0 aliphatic heterocycles. The summed E-state index contributed by atoms with van der Waals surface area (Å²) in [6, 6.07) is 13.9. The summed E-state index contributed by atoms with van der Waals surface area (Å²) in [5.41, 5.74) is 7.19. The maximum absolute atomic E-state index is 12.0. The third-order valence-electron chi connectivity index (χ3n) is 3.40. The molecule has 0 aliphatic rings. The smallest absolute Gasteiger partial charge is 0.248 e. The van der Waals surface area contributed by atoms with E-state index in [4.69, 9.17) is 10.5 Å². The van der Waals surface area contributed by atoms with Gasteiger partial charge in [-0.1, -0.05) is 12.1 Å². The van der Waals surface area contributed by atoms with Crippen molar-refractivity contribution in [2.75, 3.05) is 17.2 Å². The van der Waals surface area contributed by atoms with Crippen LogP contribution in [0, 0.1) is 0 Å². The molecule has 0 bridgehead atoms. The van der Waals surface area contributed by atoms with Gasteiger partial charge in [-0.15, -0.1) is 0 Å². The first-order valence-corrected chi connectivity index (χ1v) is 8.30. The van der Waals surface area contributed by atoms with E-state index < -0.39 is 5.91 Å². The van der Waals surface area contributed by atoms with Gasteiger partial charge in [-0.3, -0.25) is 14.4 Å². The molecule has 0 spiro atoms. The fraction of sp³-hybridized carbons (Fsp3) is 0.150. The Kier molecular flexibility index (Phi) is 7.13. The van der Waals surface area contributed by atoms with Gasteiger partial charge in [-0.25, -0.2) is 0 Å². The summed E-state index contributed by atoms with van der Waals surface area (Å²) in [6.45, 7) is 1.66. The van der Waals surface area contributed by atoms with Crippen LogP contribution >= 0.6 is 0 Å². The summed E-state index contributed by atoms with van der Waals surface area (Å²) in [4.78, 5) is 33.6. The highest BCUT2D eigenvalue weighted by atomic mass is 16.5. The minimum absolute atomic E-state index is 0.137. The number of benzene rings is 2. The Morgan fingerprint density at radius 1 is 0.963 bits per heavy atom. The molecule has 7 heteroatoms. The first kappa shape index (κ1) is 19.7. The van der Waals surface area contributed by atoms with Crippen LogP contribution in [-0.4, -0.2) is 24.3 Å². The Hall–Kier alpha value is -3.61. The number of hydrogen-bond acceptors (Lipinski definition) is 4. The van der Waals surface area contributed by atoms with Crippen LogP contribution in [0.4, 0.5) is 11.4 Å². The molecule has 0 atom stereocenters. The van der Waals surface area contributed by atoms with E-state index in [1.807, 2.05) is 0 Å². The number of ether oxygens (including phenoxy) is 1. The van der Waals surface area contributed by atoms with Gasteiger partial charge in [0, 0.05) is 24.4 Å². The van der Waals surface area contributed by atoms with Crippen LogP contribution in [-0.2, 0) is 14.4 Å². The zero-order valence-electron chi connectivity index (χ0n) is 14.9. The highest BCUT2D eigenvalue weighted by molar-refractivity contribution is 6.02. The lowest BCUT2D eigenvalue weighted by atomic mass is 10.2. The van der Waals surface area contributed by atoms with E-state index in [1.165, 1.54) is 13.0 Å². The Bertz CT molecular complexity index is 827. The number of primary amides is 1. The number of carbonyl (C=O) groups excluding carboxylic acids is 3. The second-order valence-electron chi connectivity index (χ2n) is 5.71. The maximum Gasteiger partial charge on any atom is 0.248 e. The van der Waals surface area contributed by atoms with Crippen molar-refractivity contribution >= 4 is 35.2 Å². The molecule has 3 amide bonds. The molecular weight excluding hydrogens is 346 g/mol. The standard InChI is InChI=1S/C20H21N3O4/c1-14(24)22-16-5-2-15(3-6-16)4-11-20(26)23-17-7-9-18(10-8-17)27-13-12-19(21)25/h2-11H,12-13H2,1H3,(H2,21,25)(H,22,24)(H,23,26). The van der Waals surface area contributed by atoms with Crippen molar-refractivity contribution in [2.45, 2.75) is 13.3 Å². The lowest BCUT2D eigenvalue weighted by Gasteiger charge is -2.06. The van der Waals surface area contributed by atoms with Gasteiger partial charge in [0.1, 0.15) is 5.75 Å². The normalized spacial score (nSPS) is 10.4. The third-order valence-corrected chi connectivity index (χ3v) is 3.40. The molecule has 2 aromatic carbocycles. The maximum atomic E-state index is 12.0. The van der Waals surface area contributed by atoms with E-state index in [1.54, 1.807) is 54.6 Å². The first-order chi connectivity index (χ1) is 12.9. The predicted octanol–water partition coefficient (Wildman–Crippen LogP) is 2.55. The minimum atomic E-state index is -0.421. The molecule has 2 aromatic rings. The zero-order chi connectivity index (χ0) is 19.6. The quantitative estimate of drug-likeness (QED) is 0.623. The van der Waals surface area contributed by atoms with Crippen LogP contribution in [0.1, 0.15) is 18.9 Å². The molecule has 4 N–H and O–H groups in total. The SMILES string of the molecule is CC(=O)Nc1ccc(C=CC(=O)Nc2ccc(OCCC(N)=O)cc2)cc1. The summed E-state index contributed by atoms with van der Waals surface area (Å²) < 4.78 is 5.36. The van der Waals surface area contributed by atoms with E-state index in [9.17, 15) is 14.4 Å². The molecule has 0 radical (unpaired) electrons. The highest BCUT2D eigenvalue weighted by Crippen LogP contribution is 2.16. The van der Waals surface area contributed by atoms with Gasteiger partial charge in [0.05, 0.1) is 13.0 Å². The van der Waals surface area contributed by atoms with Crippen LogP contribution in [0.25, 0.3) is 6.08 Å². The molecule has 7 nitrogen and oxygen atoms in total. The summed E-state index contributed by atoms with van der Waals surface area (Å²) in [7, 11) is 0. The van der Waals surface area contributed by atoms with Gasteiger partial charge in [0.25, 0.3) is 0 Å². The molecule has 140 valence electrons. The van der Waals surface area contributed by atoms with Crippen LogP contribution < -0.4 is 21.1 Å². The van der Waals surface area contributed by atoms with Gasteiger partial charge in [-0.05, 0) is 48.0 Å².